The van der Waals surface area contributed by atoms with E-state index in [4.69, 9.17) is 4.42 Å². The maximum atomic E-state index is 11.9. The average molecular weight is 275 g/mol. The van der Waals surface area contributed by atoms with Crippen molar-refractivity contribution >= 4 is 18.3 Å². The van der Waals surface area contributed by atoms with Gasteiger partial charge in [-0.05, 0) is 7.05 Å². The molecule has 2 heterocycles. The number of hydrogen-bond donors (Lipinski definition) is 1. The van der Waals surface area contributed by atoms with E-state index in [9.17, 15) is 4.79 Å². The number of nitrogens with zero attached hydrogens (tertiary/aromatic N) is 3. The summed E-state index contributed by atoms with van der Waals surface area (Å²) in [4.78, 5) is 19.8. The predicted molar refractivity (Wildman–Crippen MR) is 69.5 cm³/mol. The summed E-state index contributed by atoms with van der Waals surface area (Å²) < 4.78 is 4.90. The van der Waals surface area contributed by atoms with Crippen LogP contribution in [0.15, 0.2) is 17.1 Å². The minimum Gasteiger partial charge on any atom is -0.451 e. The lowest BCUT2D eigenvalue weighted by molar-refractivity contribution is -0.132. The summed E-state index contributed by atoms with van der Waals surface area (Å²) in [6.07, 6.45) is 3.01. The Morgan fingerprint density at radius 2 is 2.28 bits per heavy atom. The lowest BCUT2D eigenvalue weighted by Gasteiger charge is -2.29. The van der Waals surface area contributed by atoms with Gasteiger partial charge < -0.3 is 14.6 Å². The fraction of sp³-hybridized carbons (Fsp3) is 0.636. The molecule has 1 aromatic rings. The molecular weight excluding hydrogens is 256 g/mol. The first kappa shape index (κ1) is 14.9. The Bertz CT molecular complexity index is 352. The first-order valence-corrected chi connectivity index (χ1v) is 5.80. The van der Waals surface area contributed by atoms with Gasteiger partial charge in [0.05, 0.1) is 12.2 Å². The molecule has 1 amide bonds. The number of halogens is 1. The third-order valence-corrected chi connectivity index (χ3v) is 2.79. The molecule has 102 valence electrons. The lowest BCUT2D eigenvalue weighted by atomic mass is 10.3. The molecule has 7 heteroatoms. The summed E-state index contributed by atoms with van der Waals surface area (Å²) in [5.41, 5.74) is 0.848. The van der Waals surface area contributed by atoms with Crippen molar-refractivity contribution < 1.29 is 9.21 Å². The molecule has 1 aliphatic heterocycles. The Morgan fingerprint density at radius 3 is 2.89 bits per heavy atom. The van der Waals surface area contributed by atoms with Crippen LogP contribution >= 0.6 is 12.4 Å². The van der Waals surface area contributed by atoms with E-state index in [0.29, 0.717) is 13.1 Å². The predicted octanol–water partition coefficient (Wildman–Crippen LogP) is -0.0400. The molecule has 0 aliphatic carbocycles. The highest BCUT2D eigenvalue weighted by molar-refractivity contribution is 5.85. The molecule has 1 aliphatic rings. The fourth-order valence-corrected chi connectivity index (χ4v) is 1.89. The molecule has 0 atom stereocenters. The van der Waals surface area contributed by atoms with Crippen LogP contribution in [-0.2, 0) is 11.3 Å². The van der Waals surface area contributed by atoms with Crippen molar-refractivity contribution in [3.8, 4) is 0 Å². The summed E-state index contributed by atoms with van der Waals surface area (Å²) in [5, 5.41) is 3.23. The lowest BCUT2D eigenvalue weighted by Crippen LogP contribution is -2.49. The van der Waals surface area contributed by atoms with Crippen LogP contribution in [0.25, 0.3) is 0 Å². The van der Waals surface area contributed by atoms with Crippen LogP contribution in [0.1, 0.15) is 5.69 Å². The van der Waals surface area contributed by atoms with Gasteiger partial charge in [-0.3, -0.25) is 9.69 Å². The first-order valence-electron chi connectivity index (χ1n) is 5.80. The monoisotopic (exact) mass is 274 g/mol. The molecule has 1 N–H and O–H groups in total. The normalized spacial score (nSPS) is 15.6. The number of rotatable bonds is 4. The van der Waals surface area contributed by atoms with E-state index in [1.807, 2.05) is 16.8 Å². The Labute approximate surface area is 113 Å². The first-order chi connectivity index (χ1) is 8.25. The van der Waals surface area contributed by atoms with E-state index < -0.39 is 0 Å². The van der Waals surface area contributed by atoms with Crippen LogP contribution in [-0.4, -0.2) is 60.5 Å². The van der Waals surface area contributed by atoms with Gasteiger partial charge in [0, 0.05) is 32.7 Å². The number of nitrogens with one attached hydrogen (secondary N) is 1. The van der Waals surface area contributed by atoms with E-state index in [1.165, 1.54) is 6.39 Å². The van der Waals surface area contributed by atoms with Gasteiger partial charge in [0.15, 0.2) is 6.39 Å². The van der Waals surface area contributed by atoms with E-state index in [0.717, 1.165) is 31.9 Å². The van der Waals surface area contributed by atoms with Gasteiger partial charge >= 0.3 is 0 Å². The molecular formula is C11H19ClN4O2. The van der Waals surface area contributed by atoms with Crippen LogP contribution in [0.4, 0.5) is 0 Å². The van der Waals surface area contributed by atoms with Crippen molar-refractivity contribution in [2.75, 3.05) is 39.8 Å². The fourth-order valence-electron chi connectivity index (χ4n) is 1.89. The van der Waals surface area contributed by atoms with Crippen molar-refractivity contribution in [3.05, 3.63) is 18.4 Å². The molecule has 0 unspecified atom stereocenters. The van der Waals surface area contributed by atoms with Gasteiger partial charge in [-0.25, -0.2) is 4.98 Å². The molecule has 6 nitrogen and oxygen atoms in total. The van der Waals surface area contributed by atoms with Crippen LogP contribution in [0.5, 0.6) is 0 Å². The third-order valence-electron chi connectivity index (χ3n) is 2.79. The largest absolute Gasteiger partial charge is 0.451 e. The van der Waals surface area contributed by atoms with Crippen molar-refractivity contribution in [2.24, 2.45) is 0 Å². The Kier molecular flexibility index (Phi) is 6.11. The number of piperazine rings is 1. The Hall–Kier alpha value is -1.11. The van der Waals surface area contributed by atoms with Gasteiger partial charge in [0.25, 0.3) is 0 Å². The number of likely N-dealkylation sites (N-methyl/N-ethyl adjacent to an activating group) is 1. The number of oxazole rings is 1. The zero-order valence-electron chi connectivity index (χ0n) is 10.5. The van der Waals surface area contributed by atoms with Crippen LogP contribution in [0, 0.1) is 0 Å². The molecule has 1 saturated heterocycles. The van der Waals surface area contributed by atoms with Gasteiger partial charge in [0.2, 0.25) is 5.91 Å². The van der Waals surface area contributed by atoms with E-state index in [2.05, 4.69) is 10.3 Å². The summed E-state index contributed by atoms with van der Waals surface area (Å²) in [5.74, 6) is 0.178. The molecule has 0 bridgehead atoms. The standard InChI is InChI=1S/C11H18N4O2.ClH/c1-14(6-10-8-17-9-13-10)7-11(16)15-4-2-12-3-5-15;/h8-9,12H,2-7H2,1H3;1H. The second-order valence-corrected chi connectivity index (χ2v) is 4.28. The quantitative estimate of drug-likeness (QED) is 0.835. The summed E-state index contributed by atoms with van der Waals surface area (Å²) >= 11 is 0. The summed E-state index contributed by atoms with van der Waals surface area (Å²) in [6, 6.07) is 0. The maximum Gasteiger partial charge on any atom is 0.236 e. The van der Waals surface area contributed by atoms with Crippen molar-refractivity contribution in [1.82, 2.24) is 20.1 Å². The maximum absolute atomic E-state index is 11.9. The van der Waals surface area contributed by atoms with Crippen molar-refractivity contribution in [3.63, 3.8) is 0 Å². The smallest absolute Gasteiger partial charge is 0.236 e. The van der Waals surface area contributed by atoms with Crippen LogP contribution < -0.4 is 5.32 Å². The molecule has 1 aromatic heterocycles. The molecule has 0 aromatic carbocycles. The summed E-state index contributed by atoms with van der Waals surface area (Å²) in [6.45, 7) is 4.44. The molecule has 1 fully saturated rings. The highest BCUT2D eigenvalue weighted by Gasteiger charge is 2.17. The minimum absolute atomic E-state index is 0. The molecule has 0 radical (unpaired) electrons. The SMILES string of the molecule is CN(CC(=O)N1CCNCC1)Cc1cocn1.Cl. The van der Waals surface area contributed by atoms with E-state index >= 15 is 0 Å². The van der Waals surface area contributed by atoms with Crippen molar-refractivity contribution in [2.45, 2.75) is 6.54 Å². The van der Waals surface area contributed by atoms with Gasteiger partial charge in [-0.2, -0.15) is 0 Å². The Morgan fingerprint density at radius 1 is 1.56 bits per heavy atom. The highest BCUT2D eigenvalue weighted by atomic mass is 35.5. The minimum atomic E-state index is 0. The second kappa shape index (κ2) is 7.35. The molecule has 0 saturated carbocycles. The Balaban J connectivity index is 0.00000162. The van der Waals surface area contributed by atoms with Crippen LogP contribution in [0.3, 0.4) is 0 Å². The third kappa shape index (κ3) is 4.29. The van der Waals surface area contributed by atoms with Gasteiger partial charge in [0.1, 0.15) is 6.26 Å². The van der Waals surface area contributed by atoms with E-state index in [1.54, 1.807) is 6.26 Å². The number of carbonyl (C=O) groups excluding carboxylic acids is 1. The molecule has 0 spiro atoms. The second-order valence-electron chi connectivity index (χ2n) is 4.28. The topological polar surface area (TPSA) is 61.6 Å². The molecule has 18 heavy (non-hydrogen) atoms. The average Bonchev–Trinajstić information content (AvgIpc) is 2.82. The highest BCUT2D eigenvalue weighted by Crippen LogP contribution is 2.01. The molecule has 2 rings (SSSR count). The van der Waals surface area contributed by atoms with Crippen LogP contribution in [0.2, 0.25) is 0 Å². The van der Waals surface area contributed by atoms with Gasteiger partial charge in [-0.1, -0.05) is 0 Å². The zero-order chi connectivity index (χ0) is 12.1. The number of carbonyl (C=O) groups is 1. The van der Waals surface area contributed by atoms with E-state index in [-0.39, 0.29) is 18.3 Å². The zero-order valence-corrected chi connectivity index (χ0v) is 11.3. The number of aromatic nitrogens is 1. The van der Waals surface area contributed by atoms with Crippen molar-refractivity contribution in [1.29, 1.82) is 0 Å². The number of amides is 1. The van der Waals surface area contributed by atoms with Gasteiger partial charge in [-0.15, -0.1) is 12.4 Å². The summed E-state index contributed by atoms with van der Waals surface area (Å²) in [7, 11) is 1.91. The number of hydrogen-bond acceptors (Lipinski definition) is 5.